The van der Waals surface area contributed by atoms with Crippen molar-refractivity contribution in [3.05, 3.63) is 12.2 Å². The predicted molar refractivity (Wildman–Crippen MR) is 105 cm³/mol. The summed E-state index contributed by atoms with van der Waals surface area (Å²) >= 11 is 0. The largest absolute Gasteiger partial charge is 0.393 e. The van der Waals surface area contributed by atoms with Crippen molar-refractivity contribution in [3.63, 3.8) is 0 Å². The minimum absolute atomic E-state index is 0.0471. The number of aliphatic hydroxyl groups is 2. The van der Waals surface area contributed by atoms with Gasteiger partial charge in [0.2, 0.25) is 0 Å². The number of rotatable bonds is 8. The number of ketones is 1. The van der Waals surface area contributed by atoms with Gasteiger partial charge in [-0.2, -0.15) is 0 Å². The molecule has 0 radical (unpaired) electrons. The number of aliphatic hydroxyl groups excluding tert-OH is 2. The second kappa shape index (κ2) is 9.01. The maximum Gasteiger partial charge on any atom is 0.139 e. The van der Waals surface area contributed by atoms with E-state index < -0.39 is 0 Å². The lowest BCUT2D eigenvalue weighted by atomic mass is 9.47. The highest BCUT2D eigenvalue weighted by molar-refractivity contribution is 5.91. The maximum absolute atomic E-state index is 12.5. The zero-order chi connectivity index (χ0) is 18.6. The Kier molecular flexibility index (Phi) is 6.96. The minimum Gasteiger partial charge on any atom is -0.393 e. The standard InChI is InChI=1S/C23H38O3/c1-2-3-4-8-14-23-15-13-21(25)18(19(23)16-22(23)26)11-12-20(24)17-9-6-5-7-10-17/h11-12,17-21,24-25H,2-10,13-16H2,1H3/t18-,19-,20-,21-,23+/m0/s1. The Morgan fingerprint density at radius 3 is 2.62 bits per heavy atom. The van der Waals surface area contributed by atoms with Gasteiger partial charge in [0, 0.05) is 17.8 Å². The fourth-order valence-corrected chi connectivity index (χ4v) is 5.82. The molecule has 3 aliphatic rings. The van der Waals surface area contributed by atoms with E-state index in [1.807, 2.05) is 6.08 Å². The topological polar surface area (TPSA) is 57.5 Å². The Hall–Kier alpha value is -0.670. The average Bonchev–Trinajstić information content (AvgIpc) is 2.66. The van der Waals surface area contributed by atoms with Gasteiger partial charge in [-0.3, -0.25) is 4.79 Å². The van der Waals surface area contributed by atoms with Gasteiger partial charge in [-0.05, 0) is 43.9 Å². The van der Waals surface area contributed by atoms with Gasteiger partial charge >= 0.3 is 0 Å². The number of unbranched alkanes of at least 4 members (excludes halogenated alkanes) is 3. The number of hydrogen-bond acceptors (Lipinski definition) is 3. The Morgan fingerprint density at radius 2 is 1.92 bits per heavy atom. The van der Waals surface area contributed by atoms with Crippen molar-refractivity contribution >= 4 is 5.78 Å². The van der Waals surface area contributed by atoms with Gasteiger partial charge in [-0.1, -0.05) is 64.0 Å². The van der Waals surface area contributed by atoms with Gasteiger partial charge in [0.05, 0.1) is 12.2 Å². The van der Waals surface area contributed by atoms with Crippen LogP contribution in [-0.2, 0) is 4.79 Å². The zero-order valence-corrected chi connectivity index (χ0v) is 16.5. The second-order valence-electron chi connectivity index (χ2n) is 9.16. The molecule has 3 heteroatoms. The molecule has 148 valence electrons. The maximum atomic E-state index is 12.5. The van der Waals surface area contributed by atoms with Crippen molar-refractivity contribution in [3.8, 4) is 0 Å². The number of carbonyl (C=O) groups is 1. The molecule has 26 heavy (non-hydrogen) atoms. The summed E-state index contributed by atoms with van der Waals surface area (Å²) in [6, 6.07) is 0. The quantitative estimate of drug-likeness (QED) is 0.482. The van der Waals surface area contributed by atoms with E-state index in [-0.39, 0.29) is 29.5 Å². The first-order chi connectivity index (χ1) is 12.6. The molecule has 0 spiro atoms. The van der Waals surface area contributed by atoms with Crippen LogP contribution in [0.3, 0.4) is 0 Å². The van der Waals surface area contributed by atoms with Crippen molar-refractivity contribution in [2.75, 3.05) is 0 Å². The molecular weight excluding hydrogens is 324 g/mol. The van der Waals surface area contributed by atoms with Gasteiger partial charge < -0.3 is 10.2 Å². The summed E-state index contributed by atoms with van der Waals surface area (Å²) in [6.45, 7) is 2.21. The van der Waals surface area contributed by atoms with Crippen LogP contribution in [0.15, 0.2) is 12.2 Å². The van der Waals surface area contributed by atoms with E-state index in [1.54, 1.807) is 0 Å². The molecule has 0 heterocycles. The fourth-order valence-electron chi connectivity index (χ4n) is 5.82. The molecule has 0 saturated heterocycles. The molecule has 2 N–H and O–H groups in total. The number of Topliss-reactive ketones (excluding diaryl/α,β-unsaturated/α-hetero) is 1. The van der Waals surface area contributed by atoms with Crippen molar-refractivity contribution in [2.24, 2.45) is 23.2 Å². The highest BCUT2D eigenvalue weighted by Gasteiger charge is 2.59. The molecule has 3 saturated carbocycles. The first kappa shape index (κ1) is 20.1. The van der Waals surface area contributed by atoms with E-state index in [2.05, 4.69) is 13.0 Å². The molecule has 0 unspecified atom stereocenters. The molecule has 0 bridgehead atoms. The smallest absolute Gasteiger partial charge is 0.139 e. The zero-order valence-electron chi connectivity index (χ0n) is 16.5. The Balaban J connectivity index is 1.62. The van der Waals surface area contributed by atoms with Crippen LogP contribution in [0.5, 0.6) is 0 Å². The van der Waals surface area contributed by atoms with Crippen LogP contribution in [0.2, 0.25) is 0 Å². The summed E-state index contributed by atoms with van der Waals surface area (Å²) in [5.41, 5.74) is -0.169. The van der Waals surface area contributed by atoms with E-state index in [4.69, 9.17) is 0 Å². The molecule has 0 aromatic carbocycles. The monoisotopic (exact) mass is 362 g/mol. The van der Waals surface area contributed by atoms with Crippen molar-refractivity contribution in [1.29, 1.82) is 0 Å². The van der Waals surface area contributed by atoms with Crippen molar-refractivity contribution < 1.29 is 15.0 Å². The molecule has 3 fully saturated rings. The third kappa shape index (κ3) is 4.09. The summed E-state index contributed by atoms with van der Waals surface area (Å²) in [4.78, 5) is 12.5. The van der Waals surface area contributed by atoms with Gasteiger partial charge in [0.1, 0.15) is 5.78 Å². The molecule has 3 rings (SSSR count). The lowest BCUT2D eigenvalue weighted by molar-refractivity contribution is -0.161. The average molecular weight is 363 g/mol. The number of fused-ring (bicyclic) bond motifs is 1. The van der Waals surface area contributed by atoms with Crippen LogP contribution in [-0.4, -0.2) is 28.2 Å². The van der Waals surface area contributed by atoms with Crippen LogP contribution in [0.4, 0.5) is 0 Å². The van der Waals surface area contributed by atoms with Gasteiger partial charge in [0.15, 0.2) is 0 Å². The van der Waals surface area contributed by atoms with Crippen LogP contribution in [0.1, 0.15) is 90.4 Å². The fraction of sp³-hybridized carbons (Fsp3) is 0.870. The summed E-state index contributed by atoms with van der Waals surface area (Å²) in [5, 5.41) is 21.1. The molecular formula is C23H38O3. The third-order valence-corrected chi connectivity index (χ3v) is 7.61. The van der Waals surface area contributed by atoms with Crippen LogP contribution in [0, 0.1) is 23.2 Å². The summed E-state index contributed by atoms with van der Waals surface area (Å²) < 4.78 is 0. The molecule has 0 aromatic heterocycles. The lowest BCUT2D eigenvalue weighted by Crippen LogP contribution is -2.58. The van der Waals surface area contributed by atoms with E-state index >= 15 is 0 Å². The van der Waals surface area contributed by atoms with Crippen molar-refractivity contribution in [1.82, 2.24) is 0 Å². The second-order valence-corrected chi connectivity index (χ2v) is 9.16. The SMILES string of the molecule is CCCCCC[C@@]12CC[C@H](O)[C@@H](C=C[C@H](O)C3CCCCC3)[C@@H]1CC2=O. The summed E-state index contributed by atoms with van der Waals surface area (Å²) in [6.07, 6.45) is 17.2. The first-order valence-corrected chi connectivity index (χ1v) is 11.2. The van der Waals surface area contributed by atoms with E-state index in [9.17, 15) is 15.0 Å². The number of hydrogen-bond donors (Lipinski definition) is 2. The van der Waals surface area contributed by atoms with Gasteiger partial charge in [-0.15, -0.1) is 0 Å². The number of carbonyl (C=O) groups excluding carboxylic acids is 1. The Labute approximate surface area is 159 Å². The first-order valence-electron chi connectivity index (χ1n) is 11.2. The predicted octanol–water partition coefficient (Wildman–Crippen LogP) is 4.80. The lowest BCUT2D eigenvalue weighted by Gasteiger charge is -2.56. The Morgan fingerprint density at radius 1 is 1.15 bits per heavy atom. The molecule has 5 atom stereocenters. The highest BCUT2D eigenvalue weighted by atomic mass is 16.3. The summed E-state index contributed by atoms with van der Waals surface area (Å²) in [7, 11) is 0. The van der Waals surface area contributed by atoms with Crippen LogP contribution < -0.4 is 0 Å². The highest BCUT2D eigenvalue weighted by Crippen LogP contribution is 2.58. The van der Waals surface area contributed by atoms with Crippen LogP contribution in [0.25, 0.3) is 0 Å². The van der Waals surface area contributed by atoms with Gasteiger partial charge in [-0.25, -0.2) is 0 Å². The van der Waals surface area contributed by atoms with Crippen LogP contribution >= 0.6 is 0 Å². The molecule has 0 aromatic rings. The van der Waals surface area contributed by atoms with Gasteiger partial charge in [0.25, 0.3) is 0 Å². The molecule has 0 amide bonds. The normalized spacial score (nSPS) is 36.7. The molecule has 3 nitrogen and oxygen atoms in total. The van der Waals surface area contributed by atoms with E-state index in [0.29, 0.717) is 18.1 Å². The Bertz CT molecular complexity index is 494. The van der Waals surface area contributed by atoms with Crippen molar-refractivity contribution in [2.45, 2.75) is 103 Å². The van der Waals surface area contributed by atoms with E-state index in [1.165, 1.54) is 38.5 Å². The molecule has 0 aliphatic heterocycles. The van der Waals surface area contributed by atoms with E-state index in [0.717, 1.165) is 38.5 Å². The third-order valence-electron chi connectivity index (χ3n) is 7.61. The molecule has 3 aliphatic carbocycles. The minimum atomic E-state index is -0.390. The summed E-state index contributed by atoms with van der Waals surface area (Å²) in [5.74, 6) is 1.14.